The van der Waals surface area contributed by atoms with Gasteiger partial charge in [0.05, 0.1) is 15.6 Å². The summed E-state index contributed by atoms with van der Waals surface area (Å²) in [5.41, 5.74) is 1.92. The number of azo groups is 1. The van der Waals surface area contributed by atoms with Crippen molar-refractivity contribution in [3.05, 3.63) is 49.4 Å². The number of aromatic hydroxyl groups is 1. The Morgan fingerprint density at radius 3 is 2.50 bits per heavy atom. The number of benzene rings is 2. The molecule has 0 saturated carbocycles. The third-order valence-corrected chi connectivity index (χ3v) is 5.19. The van der Waals surface area contributed by atoms with Crippen LogP contribution in [0.25, 0.3) is 10.9 Å². The van der Waals surface area contributed by atoms with Crippen molar-refractivity contribution in [2.24, 2.45) is 17.3 Å². The second-order valence-electron chi connectivity index (χ2n) is 5.93. The molecule has 6 nitrogen and oxygen atoms in total. The normalized spacial score (nSPS) is 11.5. The molecular weight excluding hydrogens is 492 g/mol. The fraction of sp³-hybridized carbons (Fsp3) is 0.167. The van der Waals surface area contributed by atoms with Crippen molar-refractivity contribution in [1.29, 1.82) is 0 Å². The van der Waals surface area contributed by atoms with Gasteiger partial charge in [-0.15, -0.1) is 10.2 Å². The zero-order valence-electron chi connectivity index (χ0n) is 14.6. The van der Waals surface area contributed by atoms with Crippen LogP contribution >= 0.6 is 50.7 Å². The topological polar surface area (TPSA) is 76.2 Å². The third kappa shape index (κ3) is 4.12. The van der Waals surface area contributed by atoms with Crippen LogP contribution in [0.3, 0.4) is 0 Å². The molecule has 0 unspecified atom stereocenters. The fourth-order valence-corrected chi connectivity index (χ4v) is 4.28. The van der Waals surface area contributed by atoms with Gasteiger partial charge in [0.2, 0.25) is 5.88 Å². The van der Waals surface area contributed by atoms with E-state index in [1.807, 2.05) is 13.0 Å². The number of hydrogen-bond acceptors (Lipinski definition) is 4. The lowest BCUT2D eigenvalue weighted by Gasteiger charge is -2.08. The highest BCUT2D eigenvalue weighted by molar-refractivity contribution is 9.10. The van der Waals surface area contributed by atoms with E-state index in [9.17, 15) is 9.90 Å². The van der Waals surface area contributed by atoms with Crippen LogP contribution in [0.15, 0.2) is 39.0 Å². The number of nitrogens with zero attached hydrogens (tertiary/aromatic N) is 3. The molecule has 1 N–H and O–H groups in total. The van der Waals surface area contributed by atoms with Crippen molar-refractivity contribution in [1.82, 2.24) is 4.57 Å². The highest BCUT2D eigenvalue weighted by atomic mass is 79.9. The molecule has 0 bridgehead atoms. The third-order valence-electron chi connectivity index (χ3n) is 3.95. The number of aryl methyl sites for hydroxylation is 2. The van der Waals surface area contributed by atoms with Crippen molar-refractivity contribution in [3.8, 4) is 11.6 Å². The Kier molecular flexibility index (Phi) is 6.19. The summed E-state index contributed by atoms with van der Waals surface area (Å²) in [5.74, 6) is -0.647. The van der Waals surface area contributed by atoms with Crippen LogP contribution < -0.4 is 4.74 Å². The number of fused-ring (bicyclic) bond motifs is 1. The van der Waals surface area contributed by atoms with Gasteiger partial charge in [-0.2, -0.15) is 0 Å². The molecule has 0 aliphatic carbocycles. The van der Waals surface area contributed by atoms with E-state index >= 15 is 0 Å². The summed E-state index contributed by atoms with van der Waals surface area (Å²) in [6.07, 6.45) is 0. The fourth-order valence-electron chi connectivity index (χ4n) is 2.78. The number of ether oxygens (including phenoxy) is 1. The molecule has 10 heteroatoms. The van der Waals surface area contributed by atoms with Crippen LogP contribution in [0.1, 0.15) is 5.56 Å². The van der Waals surface area contributed by atoms with Gasteiger partial charge in [-0.25, -0.2) is 0 Å². The van der Waals surface area contributed by atoms with E-state index in [-0.39, 0.29) is 27.4 Å². The number of rotatable bonds is 4. The van der Waals surface area contributed by atoms with Gasteiger partial charge in [-0.3, -0.25) is 4.79 Å². The number of carbonyl (C=O) groups is 1. The molecule has 1 amide bonds. The van der Waals surface area contributed by atoms with Crippen LogP contribution in [0, 0.1) is 6.92 Å². The van der Waals surface area contributed by atoms with Gasteiger partial charge in [0.15, 0.2) is 18.0 Å². The Morgan fingerprint density at radius 2 is 1.86 bits per heavy atom. The lowest BCUT2D eigenvalue weighted by Crippen LogP contribution is -2.08. The minimum Gasteiger partial charge on any atom is -0.493 e. The summed E-state index contributed by atoms with van der Waals surface area (Å²) in [7, 11) is 1.70. The summed E-state index contributed by atoms with van der Waals surface area (Å²) >= 11 is 21.3. The van der Waals surface area contributed by atoms with E-state index in [1.54, 1.807) is 17.7 Å². The van der Waals surface area contributed by atoms with Crippen molar-refractivity contribution < 1.29 is 14.6 Å². The SMILES string of the molecule is Cc1cc(Br)cc2c(N=NC(=O)COc3c(Cl)cc(Cl)cc3Cl)c(O)n(C)c12. The van der Waals surface area contributed by atoms with Crippen LogP contribution in [-0.4, -0.2) is 22.2 Å². The molecule has 1 heterocycles. The lowest BCUT2D eigenvalue weighted by molar-refractivity contribution is -0.120. The van der Waals surface area contributed by atoms with Gasteiger partial charge in [0.25, 0.3) is 0 Å². The largest absolute Gasteiger partial charge is 0.493 e. The van der Waals surface area contributed by atoms with Gasteiger partial charge >= 0.3 is 5.91 Å². The number of halogens is 4. The van der Waals surface area contributed by atoms with Gasteiger partial charge in [0.1, 0.15) is 0 Å². The zero-order valence-corrected chi connectivity index (χ0v) is 18.5. The number of amides is 1. The zero-order chi connectivity index (χ0) is 20.6. The maximum Gasteiger partial charge on any atom is 0.302 e. The average molecular weight is 506 g/mol. The average Bonchev–Trinajstić information content (AvgIpc) is 2.82. The minimum atomic E-state index is -0.676. The van der Waals surface area contributed by atoms with Crippen molar-refractivity contribution in [2.45, 2.75) is 6.92 Å². The molecule has 0 atom stereocenters. The van der Waals surface area contributed by atoms with Crippen molar-refractivity contribution in [3.63, 3.8) is 0 Å². The maximum atomic E-state index is 12.1. The number of carbonyl (C=O) groups excluding carboxylic acids is 1. The molecule has 0 saturated heterocycles. The first-order valence-corrected chi connectivity index (χ1v) is 9.81. The van der Waals surface area contributed by atoms with Crippen LogP contribution in [0.4, 0.5) is 5.69 Å². The van der Waals surface area contributed by atoms with E-state index in [0.29, 0.717) is 10.4 Å². The van der Waals surface area contributed by atoms with Gasteiger partial charge in [-0.05, 0) is 36.8 Å². The van der Waals surface area contributed by atoms with Crippen molar-refractivity contribution in [2.75, 3.05) is 6.61 Å². The highest BCUT2D eigenvalue weighted by Crippen LogP contribution is 2.41. The summed E-state index contributed by atoms with van der Waals surface area (Å²) in [6, 6.07) is 6.61. The van der Waals surface area contributed by atoms with E-state index in [2.05, 4.69) is 26.2 Å². The Balaban J connectivity index is 1.83. The first-order valence-electron chi connectivity index (χ1n) is 7.88. The Labute approximate surface area is 183 Å². The summed E-state index contributed by atoms with van der Waals surface area (Å²) in [5, 5.41) is 19.3. The Hall–Kier alpha value is -1.80. The lowest BCUT2D eigenvalue weighted by atomic mass is 10.1. The van der Waals surface area contributed by atoms with E-state index in [4.69, 9.17) is 39.5 Å². The molecule has 28 heavy (non-hydrogen) atoms. The van der Waals surface area contributed by atoms with Gasteiger partial charge < -0.3 is 14.4 Å². The number of hydrogen-bond donors (Lipinski definition) is 1. The monoisotopic (exact) mass is 503 g/mol. The molecule has 0 spiro atoms. The molecule has 0 fully saturated rings. The van der Waals surface area contributed by atoms with Crippen LogP contribution in [0.5, 0.6) is 11.6 Å². The molecule has 0 aliphatic rings. The predicted octanol–water partition coefficient (Wildman–Crippen LogP) is 6.60. The van der Waals surface area contributed by atoms with Crippen molar-refractivity contribution >= 4 is 73.2 Å². The van der Waals surface area contributed by atoms with Crippen LogP contribution in [-0.2, 0) is 11.8 Å². The van der Waals surface area contributed by atoms with E-state index in [0.717, 1.165) is 15.6 Å². The first-order chi connectivity index (χ1) is 13.2. The molecule has 0 radical (unpaired) electrons. The second-order valence-corrected chi connectivity index (χ2v) is 8.10. The Bertz CT molecular complexity index is 1110. The van der Waals surface area contributed by atoms with E-state index in [1.165, 1.54) is 12.1 Å². The molecule has 1 aromatic heterocycles. The van der Waals surface area contributed by atoms with Gasteiger partial charge in [0, 0.05) is 21.9 Å². The summed E-state index contributed by atoms with van der Waals surface area (Å²) < 4.78 is 7.74. The molecule has 0 aliphatic heterocycles. The second kappa shape index (κ2) is 8.29. The molecule has 3 rings (SSSR count). The minimum absolute atomic E-state index is 0.0996. The quantitative estimate of drug-likeness (QED) is 0.406. The summed E-state index contributed by atoms with van der Waals surface area (Å²) in [4.78, 5) is 12.1. The maximum absolute atomic E-state index is 12.1. The molecule has 3 aromatic rings. The molecule has 2 aromatic carbocycles. The predicted molar refractivity (Wildman–Crippen MR) is 114 cm³/mol. The van der Waals surface area contributed by atoms with E-state index < -0.39 is 12.5 Å². The van der Waals surface area contributed by atoms with Crippen LogP contribution in [0.2, 0.25) is 15.1 Å². The molecule has 146 valence electrons. The van der Waals surface area contributed by atoms with Gasteiger partial charge in [-0.1, -0.05) is 50.7 Å². The first kappa shape index (κ1) is 20.9. The smallest absolute Gasteiger partial charge is 0.302 e. The Morgan fingerprint density at radius 1 is 1.21 bits per heavy atom. The number of aromatic nitrogens is 1. The standard InChI is InChI=1S/C18H13BrCl3N3O3/c1-8-3-9(19)4-11-15(18(27)25(2)16(8)11)24-23-14(26)7-28-17-12(21)5-10(20)6-13(17)22/h3-6,27H,7H2,1-2H3. The summed E-state index contributed by atoms with van der Waals surface area (Å²) in [6.45, 7) is 1.48. The molecular formula is C18H13BrCl3N3O3. The highest BCUT2D eigenvalue weighted by Gasteiger charge is 2.17.